The molecule has 0 spiro atoms. The minimum absolute atomic E-state index is 0.0869. The maximum atomic E-state index is 12.9. The Kier molecular flexibility index (Phi) is 5.83. The number of likely N-dealkylation sites (N-methyl/N-ethyl adjacent to an activating group) is 1. The van der Waals surface area contributed by atoms with Crippen LogP contribution in [-0.2, 0) is 19.6 Å². The molecule has 2 aromatic carbocycles. The number of rotatable bonds is 5. The molecule has 0 saturated heterocycles. The molecule has 1 heterocycles. The van der Waals surface area contributed by atoms with Crippen molar-refractivity contribution in [1.82, 2.24) is 4.31 Å². The van der Waals surface area contributed by atoms with E-state index in [-0.39, 0.29) is 28.2 Å². The minimum Gasteiger partial charge on any atom is -0.482 e. The number of amides is 2. The van der Waals surface area contributed by atoms with Gasteiger partial charge in [0.15, 0.2) is 6.61 Å². The molecule has 0 atom stereocenters. The Morgan fingerprint density at radius 3 is 2.69 bits per heavy atom. The van der Waals surface area contributed by atoms with Gasteiger partial charge < -0.3 is 15.4 Å². The zero-order valence-corrected chi connectivity index (χ0v) is 17.6. The summed E-state index contributed by atoms with van der Waals surface area (Å²) >= 11 is 6.13. The van der Waals surface area contributed by atoms with E-state index in [9.17, 15) is 18.0 Å². The quantitative estimate of drug-likeness (QED) is 0.747. The fourth-order valence-corrected chi connectivity index (χ4v) is 4.52. The SMILES string of the molecule is Cc1ccc(NC(=O)CN(C)S(=O)(=O)c2cc3c(cc2Cl)NC(=O)CO3)c(C)c1. The first-order valence-corrected chi connectivity index (χ1v) is 10.5. The van der Waals surface area contributed by atoms with Gasteiger partial charge in [0, 0.05) is 18.8 Å². The lowest BCUT2D eigenvalue weighted by Crippen LogP contribution is -2.35. The third kappa shape index (κ3) is 4.52. The van der Waals surface area contributed by atoms with Crippen LogP contribution in [0.2, 0.25) is 5.02 Å². The third-order valence-corrected chi connectivity index (χ3v) is 6.65. The van der Waals surface area contributed by atoms with Gasteiger partial charge >= 0.3 is 0 Å². The molecule has 0 radical (unpaired) electrons. The van der Waals surface area contributed by atoms with Gasteiger partial charge in [0.05, 0.1) is 17.3 Å². The van der Waals surface area contributed by atoms with Crippen LogP contribution in [0.25, 0.3) is 0 Å². The monoisotopic (exact) mass is 437 g/mol. The van der Waals surface area contributed by atoms with Crippen molar-refractivity contribution in [3.05, 3.63) is 46.5 Å². The van der Waals surface area contributed by atoms with E-state index in [0.29, 0.717) is 11.4 Å². The largest absolute Gasteiger partial charge is 0.482 e. The predicted octanol–water partition coefficient (Wildman–Crippen LogP) is 2.55. The standard InChI is InChI=1S/C19H20ClN3O5S/c1-11-4-5-14(12(2)6-11)21-18(24)9-23(3)29(26,27)17-8-16-15(7-13(17)20)22-19(25)10-28-16/h4-8H,9-10H2,1-3H3,(H,21,24)(H,22,25). The Morgan fingerprint density at radius 2 is 2.00 bits per heavy atom. The summed E-state index contributed by atoms with van der Waals surface area (Å²) in [5, 5.41) is 5.18. The first kappa shape index (κ1) is 21.1. The second kappa shape index (κ2) is 8.02. The van der Waals surface area contributed by atoms with Gasteiger partial charge in [-0.15, -0.1) is 0 Å². The summed E-state index contributed by atoms with van der Waals surface area (Å²) in [4.78, 5) is 23.5. The van der Waals surface area contributed by atoms with Gasteiger partial charge in [-0.1, -0.05) is 29.3 Å². The highest BCUT2D eigenvalue weighted by molar-refractivity contribution is 7.89. The molecule has 0 unspecified atom stereocenters. The van der Waals surface area contributed by atoms with E-state index in [4.69, 9.17) is 16.3 Å². The average Bonchev–Trinajstić information content (AvgIpc) is 2.63. The predicted molar refractivity (Wildman–Crippen MR) is 110 cm³/mol. The van der Waals surface area contributed by atoms with Crippen molar-refractivity contribution in [2.45, 2.75) is 18.7 Å². The van der Waals surface area contributed by atoms with E-state index in [1.54, 1.807) is 6.07 Å². The number of nitrogens with one attached hydrogen (secondary N) is 2. The number of carbonyl (C=O) groups is 2. The highest BCUT2D eigenvalue weighted by Gasteiger charge is 2.29. The van der Waals surface area contributed by atoms with Crippen LogP contribution in [0.4, 0.5) is 11.4 Å². The molecule has 2 amide bonds. The highest BCUT2D eigenvalue weighted by atomic mass is 35.5. The lowest BCUT2D eigenvalue weighted by molar-refractivity contribution is -0.118. The lowest BCUT2D eigenvalue weighted by Gasteiger charge is -2.22. The number of hydrogen-bond acceptors (Lipinski definition) is 5. The normalized spacial score (nSPS) is 13.5. The first-order chi connectivity index (χ1) is 13.6. The lowest BCUT2D eigenvalue weighted by atomic mass is 10.1. The summed E-state index contributed by atoms with van der Waals surface area (Å²) in [5.74, 6) is -0.648. The minimum atomic E-state index is -4.07. The number of ether oxygens (including phenoxy) is 1. The number of fused-ring (bicyclic) bond motifs is 1. The number of halogens is 1. The number of benzene rings is 2. The van der Waals surface area contributed by atoms with E-state index in [2.05, 4.69) is 10.6 Å². The molecule has 0 aromatic heterocycles. The first-order valence-electron chi connectivity index (χ1n) is 8.67. The van der Waals surface area contributed by atoms with Crippen molar-refractivity contribution in [2.75, 3.05) is 30.8 Å². The van der Waals surface area contributed by atoms with Crippen LogP contribution in [0, 0.1) is 13.8 Å². The topological polar surface area (TPSA) is 105 Å². The summed E-state index contributed by atoms with van der Waals surface area (Å²) in [7, 11) is -2.79. The number of sulfonamides is 1. The fraction of sp³-hybridized carbons (Fsp3) is 0.263. The van der Waals surface area contributed by atoms with Crippen LogP contribution in [0.1, 0.15) is 11.1 Å². The molecule has 1 aliphatic rings. The smallest absolute Gasteiger partial charge is 0.262 e. The number of carbonyl (C=O) groups excluding carboxylic acids is 2. The van der Waals surface area contributed by atoms with Crippen molar-refractivity contribution in [1.29, 1.82) is 0 Å². The number of aryl methyl sites for hydroxylation is 2. The molecule has 0 aliphatic carbocycles. The third-order valence-electron chi connectivity index (χ3n) is 4.38. The van der Waals surface area contributed by atoms with Crippen molar-refractivity contribution in [3.8, 4) is 5.75 Å². The Morgan fingerprint density at radius 1 is 1.28 bits per heavy atom. The van der Waals surface area contributed by atoms with Gasteiger partial charge in [-0.3, -0.25) is 9.59 Å². The van der Waals surface area contributed by atoms with E-state index >= 15 is 0 Å². The number of anilines is 2. The molecule has 2 N–H and O–H groups in total. The molecular formula is C19H20ClN3O5S. The second-order valence-electron chi connectivity index (χ2n) is 6.74. The Bertz CT molecular complexity index is 1100. The van der Waals surface area contributed by atoms with Crippen LogP contribution in [0.5, 0.6) is 5.75 Å². The molecule has 10 heteroatoms. The molecule has 29 heavy (non-hydrogen) atoms. The average molecular weight is 438 g/mol. The molecule has 8 nitrogen and oxygen atoms in total. The summed E-state index contributed by atoms with van der Waals surface area (Å²) in [6.07, 6.45) is 0. The second-order valence-corrected chi connectivity index (χ2v) is 9.16. The zero-order valence-electron chi connectivity index (χ0n) is 16.1. The van der Waals surface area contributed by atoms with Gasteiger partial charge in [0.1, 0.15) is 10.6 Å². The van der Waals surface area contributed by atoms with E-state index in [1.165, 1.54) is 19.2 Å². The highest BCUT2D eigenvalue weighted by Crippen LogP contribution is 2.36. The summed E-state index contributed by atoms with van der Waals surface area (Å²) in [5.41, 5.74) is 2.84. The van der Waals surface area contributed by atoms with Crippen LogP contribution in [0.3, 0.4) is 0 Å². The maximum absolute atomic E-state index is 12.9. The summed E-state index contributed by atoms with van der Waals surface area (Å²) < 4.78 is 32.0. The fourth-order valence-electron chi connectivity index (χ4n) is 2.88. The molecule has 0 bridgehead atoms. The molecule has 154 valence electrons. The van der Waals surface area contributed by atoms with Crippen LogP contribution in [0.15, 0.2) is 35.2 Å². The van der Waals surface area contributed by atoms with Crippen LogP contribution < -0.4 is 15.4 Å². The van der Waals surface area contributed by atoms with Crippen molar-refractivity contribution in [3.63, 3.8) is 0 Å². The Hall–Kier alpha value is -2.62. The van der Waals surface area contributed by atoms with E-state index in [0.717, 1.165) is 15.4 Å². The number of nitrogens with zero attached hydrogens (tertiary/aromatic N) is 1. The summed E-state index contributed by atoms with van der Waals surface area (Å²) in [6, 6.07) is 8.09. The molecule has 0 fully saturated rings. The summed E-state index contributed by atoms with van der Waals surface area (Å²) in [6.45, 7) is 3.17. The van der Waals surface area contributed by atoms with Crippen molar-refractivity contribution in [2.24, 2.45) is 0 Å². The molecule has 1 aliphatic heterocycles. The zero-order chi connectivity index (χ0) is 21.3. The molecule has 3 rings (SSSR count). The molecule has 2 aromatic rings. The van der Waals surface area contributed by atoms with Gasteiger partial charge in [-0.2, -0.15) is 4.31 Å². The Balaban J connectivity index is 1.78. The van der Waals surface area contributed by atoms with Crippen molar-refractivity contribution < 1.29 is 22.7 Å². The van der Waals surface area contributed by atoms with E-state index < -0.39 is 22.5 Å². The maximum Gasteiger partial charge on any atom is 0.262 e. The van der Waals surface area contributed by atoms with Gasteiger partial charge in [0.25, 0.3) is 5.91 Å². The Labute approximate surface area is 173 Å². The van der Waals surface area contributed by atoms with Crippen LogP contribution >= 0.6 is 11.6 Å². The van der Waals surface area contributed by atoms with E-state index in [1.807, 2.05) is 26.0 Å². The van der Waals surface area contributed by atoms with Gasteiger partial charge in [-0.25, -0.2) is 8.42 Å². The van der Waals surface area contributed by atoms with Crippen molar-refractivity contribution >= 4 is 44.8 Å². The van der Waals surface area contributed by atoms with Crippen LogP contribution in [-0.4, -0.2) is 44.7 Å². The molecule has 0 saturated carbocycles. The molecular weight excluding hydrogens is 418 g/mol. The van der Waals surface area contributed by atoms with Gasteiger partial charge in [0.2, 0.25) is 15.9 Å². The van der Waals surface area contributed by atoms with Gasteiger partial charge in [-0.05, 0) is 31.5 Å². The number of hydrogen-bond donors (Lipinski definition) is 2.